The van der Waals surface area contributed by atoms with E-state index in [1.54, 1.807) is 0 Å². The summed E-state index contributed by atoms with van der Waals surface area (Å²) in [7, 11) is -8.14. The highest BCUT2D eigenvalue weighted by atomic mass is 32.3. The minimum absolute atomic E-state index is 0. The summed E-state index contributed by atoms with van der Waals surface area (Å²) in [4.78, 5) is 2.72. The quantitative estimate of drug-likeness (QED) is 0.319. The molecule has 2 rings (SSSR count). The number of nitrogens with zero attached hydrogens (tertiary/aromatic N) is 2. The van der Waals surface area contributed by atoms with E-state index in [4.69, 9.17) is 5.53 Å². The van der Waals surface area contributed by atoms with Crippen LogP contribution in [0.1, 0.15) is 64.2 Å². The van der Waals surface area contributed by atoms with Crippen molar-refractivity contribution >= 4 is 24.1 Å². The highest BCUT2D eigenvalue weighted by Gasteiger charge is 2.49. The molecule has 0 saturated heterocycles. The maximum atomic E-state index is 12.5. The van der Waals surface area contributed by atoms with Gasteiger partial charge in [-0.3, -0.25) is 0 Å². The van der Waals surface area contributed by atoms with Crippen LogP contribution >= 0.6 is 0 Å². The maximum Gasteiger partial charge on any atom is 0.495 e. The fourth-order valence-corrected chi connectivity index (χ4v) is 8.13. The summed E-state index contributed by atoms with van der Waals surface area (Å²) in [5, 5.41) is -1.45. The largest absolute Gasteiger partial charge is 0.495 e. The van der Waals surface area contributed by atoms with Gasteiger partial charge in [0, 0.05) is 0 Å². The van der Waals surface area contributed by atoms with Crippen LogP contribution in [0.15, 0.2) is 0 Å². The number of hydrogen-bond donors (Lipinski definition) is 0. The Balaban J connectivity index is 0.00000242. The van der Waals surface area contributed by atoms with Crippen molar-refractivity contribution in [1.82, 2.24) is 0 Å². The molecule has 2 aliphatic rings. The number of hydrogen-bond acceptors (Lipinski definition) is 4. The average molecular weight is 352 g/mol. The summed E-state index contributed by atoms with van der Waals surface area (Å²) in [6.07, 6.45) is 6.79. The Bertz CT molecular complexity index is 573. The Morgan fingerprint density at radius 3 is 1.32 bits per heavy atom. The highest BCUT2D eigenvalue weighted by molar-refractivity contribution is 8.31. The molecule has 0 aromatic rings. The molecular formula is C13H24N2O5S2. The first-order valence-electron chi connectivity index (χ1n) is 7.60. The normalized spacial score (nSPS) is 21.6. The maximum absolute atomic E-state index is 12.5. The Kier molecular flexibility index (Phi) is 6.73. The lowest BCUT2D eigenvalue weighted by atomic mass is 10.0. The van der Waals surface area contributed by atoms with Gasteiger partial charge in [-0.25, -0.2) is 16.8 Å². The van der Waals surface area contributed by atoms with Gasteiger partial charge in [-0.05, 0) is 25.7 Å². The molecule has 0 amide bonds. The van der Waals surface area contributed by atoms with Gasteiger partial charge in [0.25, 0.3) is 19.7 Å². The first kappa shape index (κ1) is 19.3. The summed E-state index contributed by atoms with van der Waals surface area (Å²) in [6, 6.07) is 0. The topological polar surface area (TPSA) is 136 Å². The van der Waals surface area contributed by atoms with Gasteiger partial charge in [-0.1, -0.05) is 38.5 Å². The van der Waals surface area contributed by atoms with E-state index >= 15 is 0 Å². The Hall–Kier alpha value is -0.760. The minimum Gasteiger partial charge on any atom is -0.412 e. The zero-order valence-electron chi connectivity index (χ0n) is 12.6. The van der Waals surface area contributed by atoms with Crippen LogP contribution in [0, 0.1) is 0 Å². The van der Waals surface area contributed by atoms with Crippen molar-refractivity contribution in [2.45, 2.75) is 74.7 Å². The van der Waals surface area contributed by atoms with Crippen LogP contribution in [0.5, 0.6) is 0 Å². The van der Waals surface area contributed by atoms with E-state index in [1.807, 2.05) is 0 Å². The van der Waals surface area contributed by atoms with Gasteiger partial charge in [0.05, 0.1) is 10.5 Å². The van der Waals surface area contributed by atoms with Crippen molar-refractivity contribution < 1.29 is 27.1 Å². The van der Waals surface area contributed by atoms with Crippen LogP contribution in [0.4, 0.5) is 0 Å². The molecule has 0 aromatic heterocycles. The fourth-order valence-electron chi connectivity index (χ4n) is 3.31. The van der Waals surface area contributed by atoms with Crippen molar-refractivity contribution in [2.75, 3.05) is 0 Å². The third-order valence-electron chi connectivity index (χ3n) is 4.55. The van der Waals surface area contributed by atoms with Crippen molar-refractivity contribution in [3.05, 3.63) is 5.53 Å². The fraction of sp³-hybridized carbons (Fsp3) is 0.923. The molecular weight excluding hydrogens is 328 g/mol. The summed E-state index contributed by atoms with van der Waals surface area (Å²) in [5.74, 6) is 0. The van der Waals surface area contributed by atoms with Crippen LogP contribution in [0.25, 0.3) is 5.53 Å². The average Bonchev–Trinajstić information content (AvgIpc) is 2.49. The van der Waals surface area contributed by atoms with E-state index in [0.717, 1.165) is 38.5 Å². The molecule has 128 valence electrons. The lowest BCUT2D eigenvalue weighted by Gasteiger charge is -2.22. The zero-order chi connectivity index (χ0) is 15.5. The van der Waals surface area contributed by atoms with E-state index in [-0.39, 0.29) is 5.48 Å². The molecule has 0 spiro atoms. The Morgan fingerprint density at radius 2 is 1.05 bits per heavy atom. The van der Waals surface area contributed by atoms with Crippen LogP contribution in [-0.4, -0.2) is 42.0 Å². The first-order chi connectivity index (χ1) is 9.90. The van der Waals surface area contributed by atoms with Crippen LogP contribution in [0.2, 0.25) is 0 Å². The predicted molar refractivity (Wildman–Crippen MR) is 83.8 cm³/mol. The Morgan fingerprint density at radius 1 is 0.727 bits per heavy atom. The van der Waals surface area contributed by atoms with Crippen molar-refractivity contribution in [1.29, 1.82) is 0 Å². The standard InChI is InChI=1S/C13H22N2O4S2.H2O/c14-15-13(20(16,17)11-7-3-1-4-8-11)21(18,19)12-9-5-2-6-10-12;/h11-12H,1-10H2;1H2. The van der Waals surface area contributed by atoms with E-state index in [0.29, 0.717) is 25.7 Å². The predicted octanol–water partition coefficient (Wildman–Crippen LogP) is 1.24. The first-order valence-corrected chi connectivity index (χ1v) is 10.7. The SMILES string of the molecule is O.[N-]=[N+]=C(S(=O)(=O)C1CCCCC1)S(=O)(=O)C1CCCCC1. The second kappa shape index (κ2) is 7.68. The molecule has 22 heavy (non-hydrogen) atoms. The Labute approximate surface area is 131 Å². The summed E-state index contributed by atoms with van der Waals surface area (Å²) < 4.78 is 49.2. The molecule has 0 unspecified atom stereocenters. The molecule has 7 nitrogen and oxygen atoms in total. The smallest absolute Gasteiger partial charge is 0.412 e. The van der Waals surface area contributed by atoms with E-state index in [1.165, 1.54) is 0 Å². The van der Waals surface area contributed by atoms with Crippen molar-refractivity contribution in [3.63, 3.8) is 0 Å². The van der Waals surface area contributed by atoms with Gasteiger partial charge in [0.2, 0.25) is 0 Å². The van der Waals surface area contributed by atoms with Crippen LogP contribution in [-0.2, 0) is 19.7 Å². The van der Waals surface area contributed by atoms with E-state index < -0.39 is 34.6 Å². The number of sulfone groups is 2. The molecule has 2 fully saturated rings. The van der Waals surface area contributed by atoms with Crippen LogP contribution < -0.4 is 0 Å². The van der Waals surface area contributed by atoms with Crippen LogP contribution in [0.3, 0.4) is 0 Å². The van der Waals surface area contributed by atoms with Crippen molar-refractivity contribution in [2.24, 2.45) is 0 Å². The summed E-state index contributed by atoms with van der Waals surface area (Å²) in [5.41, 5.74) is 9.09. The van der Waals surface area contributed by atoms with Crippen molar-refractivity contribution in [3.8, 4) is 0 Å². The lowest BCUT2D eigenvalue weighted by Crippen LogP contribution is -2.40. The van der Waals surface area contributed by atoms with Gasteiger partial charge < -0.3 is 11.0 Å². The molecule has 0 aromatic carbocycles. The van der Waals surface area contributed by atoms with Gasteiger partial charge in [0.1, 0.15) is 0 Å². The number of rotatable bonds is 2. The third-order valence-corrected chi connectivity index (χ3v) is 9.78. The zero-order valence-corrected chi connectivity index (χ0v) is 14.2. The molecule has 0 atom stereocenters. The van der Waals surface area contributed by atoms with E-state index in [2.05, 4.69) is 4.79 Å². The van der Waals surface area contributed by atoms with Gasteiger partial charge in [-0.15, -0.1) is 4.79 Å². The molecule has 9 heteroatoms. The second-order valence-electron chi connectivity index (χ2n) is 5.98. The molecule has 2 N–H and O–H groups in total. The third kappa shape index (κ3) is 3.76. The molecule has 0 aliphatic heterocycles. The molecule has 2 saturated carbocycles. The molecule has 0 bridgehead atoms. The minimum atomic E-state index is -4.07. The van der Waals surface area contributed by atoms with E-state index in [9.17, 15) is 16.8 Å². The lowest BCUT2D eigenvalue weighted by molar-refractivity contribution is 0.00360. The van der Waals surface area contributed by atoms with Gasteiger partial charge in [-0.2, -0.15) is 0 Å². The molecule has 0 heterocycles. The van der Waals surface area contributed by atoms with Gasteiger partial charge in [0.15, 0.2) is 0 Å². The summed E-state index contributed by atoms with van der Waals surface area (Å²) >= 11 is 0. The molecule has 2 aliphatic carbocycles. The highest BCUT2D eigenvalue weighted by Crippen LogP contribution is 2.30. The van der Waals surface area contributed by atoms with Gasteiger partial charge >= 0.3 is 4.38 Å². The summed E-state index contributed by atoms with van der Waals surface area (Å²) in [6.45, 7) is 0. The molecule has 0 radical (unpaired) electrons. The second-order valence-corrected chi connectivity index (χ2v) is 10.5. The monoisotopic (exact) mass is 352 g/mol.